The van der Waals surface area contributed by atoms with Gasteiger partial charge in [0.2, 0.25) is 5.95 Å². The third-order valence-electron chi connectivity index (χ3n) is 3.19. The Bertz CT molecular complexity index is 536. The second-order valence-electron chi connectivity index (χ2n) is 4.57. The first-order chi connectivity index (χ1) is 8.22. The van der Waals surface area contributed by atoms with Gasteiger partial charge in [0.05, 0.1) is 11.0 Å². The molecular formula is C12H15FN4. The van der Waals surface area contributed by atoms with E-state index in [1.165, 1.54) is 12.1 Å². The van der Waals surface area contributed by atoms with E-state index in [1.54, 1.807) is 6.07 Å². The normalized spacial score (nSPS) is 21.1. The Balaban J connectivity index is 1.94. The molecule has 1 unspecified atom stereocenters. The summed E-state index contributed by atoms with van der Waals surface area (Å²) in [5.74, 6) is 0.545. The highest BCUT2D eigenvalue weighted by Gasteiger charge is 2.19. The predicted molar refractivity (Wildman–Crippen MR) is 65.5 cm³/mol. The number of nitrogens with one attached hydrogen (secondary N) is 1. The maximum absolute atomic E-state index is 13.1. The van der Waals surface area contributed by atoms with Crippen LogP contribution in [0.25, 0.3) is 11.0 Å². The minimum atomic E-state index is -0.247. The number of aromatic nitrogens is 2. The second kappa shape index (κ2) is 4.00. The molecule has 1 aromatic heterocycles. The van der Waals surface area contributed by atoms with Gasteiger partial charge in [-0.25, -0.2) is 9.37 Å². The maximum Gasteiger partial charge on any atom is 0.203 e. The molecule has 5 heteroatoms. The molecule has 17 heavy (non-hydrogen) atoms. The maximum atomic E-state index is 13.1. The Hall–Kier alpha value is -1.62. The molecule has 1 aliphatic heterocycles. The standard InChI is InChI=1S/C12H15FN4/c13-8-3-4-10-11(6-8)16-12(15-10)17-5-1-2-9(14)7-17/h3-4,6,9H,1-2,5,7,14H2,(H,15,16). The van der Waals surface area contributed by atoms with Crippen LogP contribution >= 0.6 is 0 Å². The number of anilines is 1. The fourth-order valence-electron chi connectivity index (χ4n) is 2.32. The number of halogens is 1. The second-order valence-corrected chi connectivity index (χ2v) is 4.57. The van der Waals surface area contributed by atoms with E-state index in [1.807, 2.05) is 0 Å². The van der Waals surface area contributed by atoms with Crippen LogP contribution in [0, 0.1) is 5.82 Å². The molecule has 1 fully saturated rings. The quantitative estimate of drug-likeness (QED) is 0.788. The lowest BCUT2D eigenvalue weighted by atomic mass is 10.1. The number of H-pyrrole nitrogens is 1. The number of imidazole rings is 1. The molecular weight excluding hydrogens is 219 g/mol. The lowest BCUT2D eigenvalue weighted by molar-refractivity contribution is 0.501. The van der Waals surface area contributed by atoms with Crippen molar-refractivity contribution in [2.45, 2.75) is 18.9 Å². The van der Waals surface area contributed by atoms with E-state index in [0.717, 1.165) is 42.9 Å². The average molecular weight is 234 g/mol. The summed E-state index contributed by atoms with van der Waals surface area (Å²) in [6, 6.07) is 4.78. The van der Waals surface area contributed by atoms with E-state index in [-0.39, 0.29) is 11.9 Å². The molecule has 1 aliphatic rings. The zero-order valence-corrected chi connectivity index (χ0v) is 9.49. The van der Waals surface area contributed by atoms with Crippen LogP contribution in [0.4, 0.5) is 10.3 Å². The van der Waals surface area contributed by atoms with E-state index in [9.17, 15) is 4.39 Å². The van der Waals surface area contributed by atoms with Gasteiger partial charge in [-0.1, -0.05) is 0 Å². The molecule has 0 spiro atoms. The van der Waals surface area contributed by atoms with Gasteiger partial charge in [0.25, 0.3) is 0 Å². The minimum absolute atomic E-state index is 0.202. The molecule has 4 nitrogen and oxygen atoms in total. The summed E-state index contributed by atoms with van der Waals surface area (Å²) < 4.78 is 13.1. The number of nitrogens with two attached hydrogens (primary N) is 1. The molecule has 0 amide bonds. The first-order valence-corrected chi connectivity index (χ1v) is 5.88. The van der Waals surface area contributed by atoms with Crippen molar-refractivity contribution >= 4 is 17.0 Å². The molecule has 1 aromatic carbocycles. The molecule has 2 heterocycles. The average Bonchev–Trinajstić information content (AvgIpc) is 2.72. The number of nitrogens with zero attached hydrogens (tertiary/aromatic N) is 2. The highest BCUT2D eigenvalue weighted by molar-refractivity contribution is 5.77. The van der Waals surface area contributed by atoms with Gasteiger partial charge in [-0.3, -0.25) is 0 Å². The smallest absolute Gasteiger partial charge is 0.203 e. The summed E-state index contributed by atoms with van der Waals surface area (Å²) in [6.45, 7) is 1.76. The SMILES string of the molecule is NC1CCCN(c2nc3ccc(F)cc3[nH]2)C1. The van der Waals surface area contributed by atoms with Crippen molar-refractivity contribution in [2.24, 2.45) is 5.73 Å². The minimum Gasteiger partial charge on any atom is -0.341 e. The molecule has 0 bridgehead atoms. The first-order valence-electron chi connectivity index (χ1n) is 5.88. The number of aromatic amines is 1. The Labute approximate surface area is 98.6 Å². The molecule has 1 saturated heterocycles. The summed E-state index contributed by atoms with van der Waals surface area (Å²) >= 11 is 0. The highest BCUT2D eigenvalue weighted by Crippen LogP contribution is 2.20. The zero-order chi connectivity index (χ0) is 11.8. The van der Waals surface area contributed by atoms with Crippen LogP contribution in [0.15, 0.2) is 18.2 Å². The van der Waals surface area contributed by atoms with Crippen molar-refractivity contribution in [3.63, 3.8) is 0 Å². The van der Waals surface area contributed by atoms with Gasteiger partial charge in [0.1, 0.15) is 5.82 Å². The van der Waals surface area contributed by atoms with Crippen LogP contribution < -0.4 is 10.6 Å². The Kier molecular flexibility index (Phi) is 2.48. The Morgan fingerprint density at radius 1 is 1.47 bits per heavy atom. The monoisotopic (exact) mass is 234 g/mol. The van der Waals surface area contributed by atoms with Gasteiger partial charge >= 0.3 is 0 Å². The van der Waals surface area contributed by atoms with Crippen molar-refractivity contribution in [2.75, 3.05) is 18.0 Å². The summed E-state index contributed by atoms with van der Waals surface area (Å²) in [4.78, 5) is 9.74. The molecule has 3 rings (SSSR count). The predicted octanol–water partition coefficient (Wildman–Crippen LogP) is 1.63. The number of rotatable bonds is 1. The topological polar surface area (TPSA) is 57.9 Å². The van der Waals surface area contributed by atoms with E-state index in [0.29, 0.717) is 0 Å². The first kappa shape index (κ1) is 10.5. The van der Waals surface area contributed by atoms with Crippen LogP contribution in [-0.2, 0) is 0 Å². The largest absolute Gasteiger partial charge is 0.341 e. The Morgan fingerprint density at radius 2 is 2.35 bits per heavy atom. The van der Waals surface area contributed by atoms with Crippen molar-refractivity contribution < 1.29 is 4.39 Å². The number of fused-ring (bicyclic) bond motifs is 1. The summed E-state index contributed by atoms with van der Waals surface area (Å²) in [5, 5.41) is 0. The lowest BCUT2D eigenvalue weighted by Crippen LogP contribution is -2.43. The zero-order valence-electron chi connectivity index (χ0n) is 9.49. The molecule has 1 atom stereocenters. The number of hydrogen-bond donors (Lipinski definition) is 2. The number of hydrogen-bond acceptors (Lipinski definition) is 3. The molecule has 0 saturated carbocycles. The van der Waals surface area contributed by atoms with Crippen molar-refractivity contribution in [3.8, 4) is 0 Å². The molecule has 0 aliphatic carbocycles. The van der Waals surface area contributed by atoms with Crippen LogP contribution in [0.5, 0.6) is 0 Å². The van der Waals surface area contributed by atoms with Gasteiger partial charge in [0, 0.05) is 19.1 Å². The van der Waals surface area contributed by atoms with Crippen LogP contribution in [0.2, 0.25) is 0 Å². The van der Waals surface area contributed by atoms with Crippen molar-refractivity contribution in [1.82, 2.24) is 9.97 Å². The van der Waals surface area contributed by atoms with Gasteiger partial charge in [-0.05, 0) is 31.0 Å². The fourth-order valence-corrected chi connectivity index (χ4v) is 2.32. The van der Waals surface area contributed by atoms with Gasteiger partial charge in [-0.2, -0.15) is 0 Å². The van der Waals surface area contributed by atoms with Gasteiger partial charge in [-0.15, -0.1) is 0 Å². The highest BCUT2D eigenvalue weighted by atomic mass is 19.1. The molecule has 90 valence electrons. The molecule has 0 radical (unpaired) electrons. The van der Waals surface area contributed by atoms with E-state index in [2.05, 4.69) is 14.9 Å². The summed E-state index contributed by atoms with van der Waals surface area (Å²) in [5.41, 5.74) is 7.46. The third-order valence-corrected chi connectivity index (χ3v) is 3.19. The van der Waals surface area contributed by atoms with Crippen molar-refractivity contribution in [3.05, 3.63) is 24.0 Å². The summed E-state index contributed by atoms with van der Waals surface area (Å²) in [6.07, 6.45) is 2.14. The Morgan fingerprint density at radius 3 is 3.18 bits per heavy atom. The van der Waals surface area contributed by atoms with E-state index >= 15 is 0 Å². The molecule has 2 aromatic rings. The number of piperidine rings is 1. The van der Waals surface area contributed by atoms with Crippen molar-refractivity contribution in [1.29, 1.82) is 0 Å². The molecule has 3 N–H and O–H groups in total. The van der Waals surface area contributed by atoms with Crippen LogP contribution in [0.3, 0.4) is 0 Å². The van der Waals surface area contributed by atoms with Crippen LogP contribution in [-0.4, -0.2) is 29.1 Å². The van der Waals surface area contributed by atoms with Crippen LogP contribution in [0.1, 0.15) is 12.8 Å². The number of benzene rings is 1. The van der Waals surface area contributed by atoms with Gasteiger partial charge < -0.3 is 15.6 Å². The van der Waals surface area contributed by atoms with E-state index in [4.69, 9.17) is 5.73 Å². The van der Waals surface area contributed by atoms with Gasteiger partial charge in [0.15, 0.2) is 0 Å². The summed E-state index contributed by atoms with van der Waals surface area (Å²) in [7, 11) is 0. The lowest BCUT2D eigenvalue weighted by Gasteiger charge is -2.30. The fraction of sp³-hybridized carbons (Fsp3) is 0.417. The third kappa shape index (κ3) is 1.98. The van der Waals surface area contributed by atoms with E-state index < -0.39 is 0 Å².